The fraction of sp³-hybridized carbons (Fsp3) is 0.333. The minimum absolute atomic E-state index is 0.511. The molecule has 2 heterocycles. The van der Waals surface area contributed by atoms with Gasteiger partial charge in [-0.3, -0.25) is 0 Å². The third-order valence-electron chi connectivity index (χ3n) is 2.80. The summed E-state index contributed by atoms with van der Waals surface area (Å²) in [6, 6.07) is 9.93. The lowest BCUT2D eigenvalue weighted by Gasteiger charge is -2.27. The van der Waals surface area contributed by atoms with Crippen molar-refractivity contribution in [2.75, 3.05) is 13.2 Å². The molecule has 0 aliphatic carbocycles. The first-order chi connectivity index (χ1) is 8.39. The zero-order chi connectivity index (χ0) is 11.6. The van der Waals surface area contributed by atoms with E-state index >= 15 is 0 Å². The lowest BCUT2D eigenvalue weighted by Crippen LogP contribution is -2.33. The first-order valence-electron chi connectivity index (χ1n) is 5.55. The van der Waals surface area contributed by atoms with Crippen LogP contribution in [0.2, 0.25) is 0 Å². The van der Waals surface area contributed by atoms with Gasteiger partial charge >= 0.3 is 0 Å². The summed E-state index contributed by atoms with van der Waals surface area (Å²) in [5, 5.41) is 4.10. The van der Waals surface area contributed by atoms with Crippen LogP contribution in [0.15, 0.2) is 43.0 Å². The molecular formula is C12H13N3O2. The van der Waals surface area contributed by atoms with Crippen LogP contribution in [-0.4, -0.2) is 28.0 Å². The van der Waals surface area contributed by atoms with E-state index in [4.69, 9.17) is 9.47 Å². The number of nitrogens with zero attached hydrogens (tertiary/aromatic N) is 3. The lowest BCUT2D eigenvalue weighted by atomic mass is 10.1. The van der Waals surface area contributed by atoms with Crippen LogP contribution in [0.25, 0.3) is 0 Å². The predicted molar refractivity (Wildman–Crippen MR) is 60.0 cm³/mol. The van der Waals surface area contributed by atoms with Crippen LogP contribution in [0.4, 0.5) is 0 Å². The molecule has 5 nitrogen and oxygen atoms in total. The van der Waals surface area contributed by atoms with Crippen molar-refractivity contribution in [3.63, 3.8) is 0 Å². The van der Waals surface area contributed by atoms with Gasteiger partial charge in [-0.05, 0) is 0 Å². The van der Waals surface area contributed by atoms with Crippen molar-refractivity contribution in [1.82, 2.24) is 14.8 Å². The molecule has 5 heteroatoms. The molecule has 0 spiro atoms. The second kappa shape index (κ2) is 4.27. The van der Waals surface area contributed by atoms with Crippen molar-refractivity contribution in [2.24, 2.45) is 0 Å². The van der Waals surface area contributed by atoms with Gasteiger partial charge in [0.05, 0.1) is 13.2 Å². The van der Waals surface area contributed by atoms with E-state index in [0.717, 1.165) is 5.56 Å². The van der Waals surface area contributed by atoms with E-state index in [2.05, 4.69) is 10.1 Å². The number of aromatic nitrogens is 3. The molecule has 2 aromatic rings. The highest BCUT2D eigenvalue weighted by Crippen LogP contribution is 2.32. The summed E-state index contributed by atoms with van der Waals surface area (Å²) in [6.07, 6.45) is 3.17. The molecule has 0 bridgehead atoms. The number of rotatable bonds is 3. The zero-order valence-electron chi connectivity index (χ0n) is 9.32. The smallest absolute Gasteiger partial charge is 0.215 e. The SMILES string of the molecule is c1ccc(C2(Cn3cncn3)OCCO2)cc1. The van der Waals surface area contributed by atoms with Gasteiger partial charge in [0.1, 0.15) is 19.2 Å². The summed E-state index contributed by atoms with van der Waals surface area (Å²) in [5.41, 5.74) is 1.01. The summed E-state index contributed by atoms with van der Waals surface area (Å²) in [4.78, 5) is 3.93. The molecule has 0 unspecified atom stereocenters. The monoisotopic (exact) mass is 231 g/mol. The third kappa shape index (κ3) is 1.94. The maximum atomic E-state index is 5.79. The van der Waals surface area contributed by atoms with Crippen LogP contribution >= 0.6 is 0 Å². The predicted octanol–water partition coefficient (Wildman–Crippen LogP) is 1.18. The fourth-order valence-corrected chi connectivity index (χ4v) is 2.02. The molecule has 17 heavy (non-hydrogen) atoms. The van der Waals surface area contributed by atoms with Crippen LogP contribution in [0.3, 0.4) is 0 Å². The van der Waals surface area contributed by atoms with Crippen LogP contribution < -0.4 is 0 Å². The third-order valence-corrected chi connectivity index (χ3v) is 2.80. The maximum Gasteiger partial charge on any atom is 0.215 e. The van der Waals surface area contributed by atoms with Gasteiger partial charge in [-0.2, -0.15) is 5.10 Å². The molecule has 0 atom stereocenters. The molecule has 3 rings (SSSR count). The van der Waals surface area contributed by atoms with Gasteiger partial charge in [-0.25, -0.2) is 9.67 Å². The summed E-state index contributed by atoms with van der Waals surface area (Å²) < 4.78 is 13.3. The lowest BCUT2D eigenvalue weighted by molar-refractivity contribution is -0.177. The van der Waals surface area contributed by atoms with Crippen LogP contribution in [-0.2, 0) is 21.8 Å². The molecule has 0 amide bonds. The van der Waals surface area contributed by atoms with Gasteiger partial charge in [0, 0.05) is 5.56 Å². The molecule has 0 saturated carbocycles. The molecule has 1 saturated heterocycles. The summed E-state index contributed by atoms with van der Waals surface area (Å²) in [5.74, 6) is -0.727. The minimum atomic E-state index is -0.727. The van der Waals surface area contributed by atoms with Gasteiger partial charge < -0.3 is 9.47 Å². The first-order valence-corrected chi connectivity index (χ1v) is 5.55. The molecule has 0 radical (unpaired) electrons. The number of ether oxygens (including phenoxy) is 2. The Labute approximate surface area is 99.0 Å². The second-order valence-corrected chi connectivity index (χ2v) is 3.91. The first kappa shape index (κ1) is 10.4. The van der Waals surface area contributed by atoms with E-state index < -0.39 is 5.79 Å². The molecule has 1 fully saturated rings. The average molecular weight is 231 g/mol. The Morgan fingerprint density at radius 2 is 1.94 bits per heavy atom. The summed E-state index contributed by atoms with van der Waals surface area (Å²) >= 11 is 0. The van der Waals surface area contributed by atoms with E-state index in [0.29, 0.717) is 19.8 Å². The minimum Gasteiger partial charge on any atom is -0.342 e. The standard InChI is InChI=1S/C12H13N3O2/c1-2-4-11(5-3-1)12(16-6-7-17-12)8-15-10-13-9-14-15/h1-5,9-10H,6-8H2. The zero-order valence-corrected chi connectivity index (χ0v) is 9.32. The maximum absolute atomic E-state index is 5.79. The molecule has 88 valence electrons. The van der Waals surface area contributed by atoms with Crippen molar-refractivity contribution < 1.29 is 9.47 Å². The van der Waals surface area contributed by atoms with Gasteiger partial charge in [-0.1, -0.05) is 30.3 Å². The number of hydrogen-bond donors (Lipinski definition) is 0. The molecule has 0 N–H and O–H groups in total. The average Bonchev–Trinajstić information content (AvgIpc) is 3.03. The number of benzene rings is 1. The topological polar surface area (TPSA) is 49.2 Å². The Morgan fingerprint density at radius 3 is 2.59 bits per heavy atom. The van der Waals surface area contributed by atoms with Crippen molar-refractivity contribution >= 4 is 0 Å². The quantitative estimate of drug-likeness (QED) is 0.795. The summed E-state index contributed by atoms with van der Waals surface area (Å²) in [7, 11) is 0. The van der Waals surface area contributed by atoms with E-state index in [9.17, 15) is 0 Å². The van der Waals surface area contributed by atoms with Gasteiger partial charge in [0.2, 0.25) is 5.79 Å². The molecule has 1 aromatic carbocycles. The highest BCUT2D eigenvalue weighted by atomic mass is 16.7. The number of hydrogen-bond acceptors (Lipinski definition) is 4. The van der Waals surface area contributed by atoms with E-state index in [1.54, 1.807) is 11.0 Å². The van der Waals surface area contributed by atoms with E-state index in [-0.39, 0.29) is 0 Å². The van der Waals surface area contributed by atoms with E-state index in [1.165, 1.54) is 6.33 Å². The molecular weight excluding hydrogens is 218 g/mol. The normalized spacial score (nSPS) is 18.4. The largest absolute Gasteiger partial charge is 0.342 e. The molecule has 1 aliphatic heterocycles. The highest BCUT2D eigenvalue weighted by molar-refractivity contribution is 5.20. The van der Waals surface area contributed by atoms with Crippen LogP contribution in [0, 0.1) is 0 Å². The van der Waals surface area contributed by atoms with Crippen LogP contribution in [0.1, 0.15) is 5.56 Å². The Hall–Kier alpha value is -1.72. The summed E-state index contributed by atoms with van der Waals surface area (Å²) in [6.45, 7) is 1.71. The Kier molecular flexibility index (Phi) is 2.62. The van der Waals surface area contributed by atoms with Crippen LogP contribution in [0.5, 0.6) is 0 Å². The van der Waals surface area contributed by atoms with Crippen molar-refractivity contribution in [3.8, 4) is 0 Å². The Bertz CT molecular complexity index is 464. The fourth-order valence-electron chi connectivity index (χ4n) is 2.02. The molecule has 1 aliphatic rings. The van der Waals surface area contributed by atoms with Crippen molar-refractivity contribution in [1.29, 1.82) is 0 Å². The Balaban J connectivity index is 1.93. The van der Waals surface area contributed by atoms with E-state index in [1.807, 2.05) is 30.3 Å². The van der Waals surface area contributed by atoms with Gasteiger partial charge in [0.15, 0.2) is 0 Å². The highest BCUT2D eigenvalue weighted by Gasteiger charge is 2.39. The van der Waals surface area contributed by atoms with Crippen molar-refractivity contribution in [3.05, 3.63) is 48.5 Å². The molecule has 1 aromatic heterocycles. The van der Waals surface area contributed by atoms with Gasteiger partial charge in [-0.15, -0.1) is 0 Å². The Morgan fingerprint density at radius 1 is 1.18 bits per heavy atom. The van der Waals surface area contributed by atoms with Crippen molar-refractivity contribution in [2.45, 2.75) is 12.3 Å². The second-order valence-electron chi connectivity index (χ2n) is 3.91. The van der Waals surface area contributed by atoms with Gasteiger partial charge in [0.25, 0.3) is 0 Å².